The highest BCUT2D eigenvalue weighted by Crippen LogP contribution is 2.23. The number of nitrogens with one attached hydrogen (secondary N) is 2. The highest BCUT2D eigenvalue weighted by Gasteiger charge is 2.34. The summed E-state index contributed by atoms with van der Waals surface area (Å²) in [6.45, 7) is 5.62. The lowest BCUT2D eigenvalue weighted by Gasteiger charge is -2.36. The Balaban J connectivity index is 1.68. The summed E-state index contributed by atoms with van der Waals surface area (Å²) in [6.07, 6.45) is 2.09. The Labute approximate surface area is 195 Å². The standard InChI is InChI=1S/C26H33N3O4/c1-4-14-27-25(31)23(28-24(30)21-6-5-7-22(17-21)33-3)19-12-15-29(16-13-19)26(32)20-10-8-18(2)9-11-20/h5-11,17,19,23H,4,12-16H2,1-3H3,(H,27,31)(H,28,30)/t23-/m0/s1. The van der Waals surface area contributed by atoms with Crippen LogP contribution in [0.5, 0.6) is 5.75 Å². The second-order valence-corrected chi connectivity index (χ2v) is 8.47. The molecule has 0 aliphatic carbocycles. The number of carbonyl (C=O) groups excluding carboxylic acids is 3. The molecule has 7 heteroatoms. The van der Waals surface area contributed by atoms with Crippen LogP contribution in [-0.4, -0.2) is 55.4 Å². The van der Waals surface area contributed by atoms with E-state index in [2.05, 4.69) is 10.6 Å². The van der Waals surface area contributed by atoms with Crippen LogP contribution in [0, 0.1) is 12.8 Å². The Kier molecular flexibility index (Phi) is 8.46. The van der Waals surface area contributed by atoms with Crippen molar-refractivity contribution in [3.05, 3.63) is 65.2 Å². The Morgan fingerprint density at radius 2 is 1.76 bits per heavy atom. The summed E-state index contributed by atoms with van der Waals surface area (Å²) in [4.78, 5) is 40.5. The maximum atomic E-state index is 12.9. The molecule has 1 fully saturated rings. The van der Waals surface area contributed by atoms with Crippen molar-refractivity contribution in [1.29, 1.82) is 0 Å². The number of piperidine rings is 1. The number of amides is 3. The van der Waals surface area contributed by atoms with Gasteiger partial charge in [0.25, 0.3) is 11.8 Å². The molecule has 1 saturated heterocycles. The van der Waals surface area contributed by atoms with E-state index >= 15 is 0 Å². The third-order valence-corrected chi connectivity index (χ3v) is 6.05. The molecule has 1 aliphatic heterocycles. The zero-order valence-electron chi connectivity index (χ0n) is 19.6. The molecule has 7 nitrogen and oxygen atoms in total. The van der Waals surface area contributed by atoms with Gasteiger partial charge >= 0.3 is 0 Å². The van der Waals surface area contributed by atoms with Crippen molar-refractivity contribution in [1.82, 2.24) is 15.5 Å². The number of nitrogens with zero attached hydrogens (tertiary/aromatic N) is 1. The van der Waals surface area contributed by atoms with Crippen LogP contribution in [0.2, 0.25) is 0 Å². The first-order valence-corrected chi connectivity index (χ1v) is 11.5. The highest BCUT2D eigenvalue weighted by atomic mass is 16.5. The maximum absolute atomic E-state index is 12.9. The van der Waals surface area contributed by atoms with Crippen LogP contribution in [0.15, 0.2) is 48.5 Å². The van der Waals surface area contributed by atoms with Gasteiger partial charge in [-0.1, -0.05) is 30.7 Å². The number of methoxy groups -OCH3 is 1. The van der Waals surface area contributed by atoms with E-state index in [0.29, 0.717) is 49.4 Å². The zero-order valence-corrected chi connectivity index (χ0v) is 19.6. The quantitative estimate of drug-likeness (QED) is 0.645. The summed E-state index contributed by atoms with van der Waals surface area (Å²) in [5.41, 5.74) is 2.22. The summed E-state index contributed by atoms with van der Waals surface area (Å²) < 4.78 is 5.21. The van der Waals surface area contributed by atoms with Gasteiger partial charge in [-0.15, -0.1) is 0 Å². The van der Waals surface area contributed by atoms with Gasteiger partial charge in [0, 0.05) is 30.8 Å². The highest BCUT2D eigenvalue weighted by molar-refractivity contribution is 5.98. The Morgan fingerprint density at radius 3 is 2.39 bits per heavy atom. The fraction of sp³-hybridized carbons (Fsp3) is 0.423. The first kappa shape index (κ1) is 24.3. The van der Waals surface area contributed by atoms with Gasteiger partial charge < -0.3 is 20.3 Å². The van der Waals surface area contributed by atoms with Crippen molar-refractivity contribution in [2.75, 3.05) is 26.7 Å². The van der Waals surface area contributed by atoms with Crippen LogP contribution >= 0.6 is 0 Å². The van der Waals surface area contributed by atoms with Gasteiger partial charge in [-0.2, -0.15) is 0 Å². The smallest absolute Gasteiger partial charge is 0.253 e. The van der Waals surface area contributed by atoms with E-state index in [1.165, 1.54) is 0 Å². The van der Waals surface area contributed by atoms with Crippen molar-refractivity contribution < 1.29 is 19.1 Å². The predicted molar refractivity (Wildman–Crippen MR) is 127 cm³/mol. The summed E-state index contributed by atoms with van der Waals surface area (Å²) in [5, 5.41) is 5.85. The molecule has 2 N–H and O–H groups in total. The van der Waals surface area contributed by atoms with Gasteiger partial charge in [-0.25, -0.2) is 0 Å². The zero-order chi connectivity index (χ0) is 23.8. The minimum Gasteiger partial charge on any atom is -0.497 e. The molecule has 2 aromatic rings. The fourth-order valence-electron chi connectivity index (χ4n) is 4.06. The molecule has 3 amide bonds. The molecule has 0 spiro atoms. The van der Waals surface area contributed by atoms with Gasteiger partial charge in [0.1, 0.15) is 11.8 Å². The summed E-state index contributed by atoms with van der Waals surface area (Å²) in [6, 6.07) is 13.8. The van der Waals surface area contributed by atoms with Gasteiger partial charge in [0.05, 0.1) is 7.11 Å². The van der Waals surface area contributed by atoms with Gasteiger partial charge in [-0.05, 0) is 62.4 Å². The predicted octanol–water partition coefficient (Wildman–Crippen LogP) is 3.18. The average Bonchev–Trinajstić information content (AvgIpc) is 2.86. The number of rotatable bonds is 8. The lowest BCUT2D eigenvalue weighted by Crippen LogP contribution is -2.54. The molecular formula is C26H33N3O4. The maximum Gasteiger partial charge on any atom is 0.253 e. The molecular weight excluding hydrogens is 418 g/mol. The third kappa shape index (κ3) is 6.34. The number of ether oxygens (including phenoxy) is 1. The van der Waals surface area contributed by atoms with Crippen molar-refractivity contribution in [3.8, 4) is 5.75 Å². The molecule has 0 saturated carbocycles. The van der Waals surface area contributed by atoms with Gasteiger partial charge in [0.15, 0.2) is 0 Å². The molecule has 2 aromatic carbocycles. The van der Waals surface area contributed by atoms with E-state index in [1.807, 2.05) is 43.0 Å². The van der Waals surface area contributed by atoms with E-state index in [4.69, 9.17) is 4.74 Å². The second kappa shape index (κ2) is 11.5. The van der Waals surface area contributed by atoms with E-state index in [9.17, 15) is 14.4 Å². The fourth-order valence-corrected chi connectivity index (χ4v) is 4.06. The third-order valence-electron chi connectivity index (χ3n) is 6.05. The Hall–Kier alpha value is -3.35. The van der Waals surface area contributed by atoms with E-state index in [1.54, 1.807) is 31.4 Å². The minimum absolute atomic E-state index is 0.000788. The molecule has 176 valence electrons. The molecule has 1 aliphatic rings. The van der Waals surface area contributed by atoms with Crippen molar-refractivity contribution in [3.63, 3.8) is 0 Å². The topological polar surface area (TPSA) is 87.7 Å². The van der Waals surface area contributed by atoms with E-state index < -0.39 is 6.04 Å². The number of aryl methyl sites for hydroxylation is 1. The number of hydrogen-bond donors (Lipinski definition) is 2. The second-order valence-electron chi connectivity index (χ2n) is 8.47. The molecule has 33 heavy (non-hydrogen) atoms. The van der Waals surface area contributed by atoms with Crippen molar-refractivity contribution in [2.24, 2.45) is 5.92 Å². The summed E-state index contributed by atoms with van der Waals surface area (Å²) >= 11 is 0. The number of likely N-dealkylation sites (tertiary alicyclic amines) is 1. The first-order valence-electron chi connectivity index (χ1n) is 11.5. The van der Waals surface area contributed by atoms with Crippen LogP contribution in [0.3, 0.4) is 0 Å². The molecule has 0 aromatic heterocycles. The molecule has 0 bridgehead atoms. The molecule has 1 heterocycles. The summed E-state index contributed by atoms with van der Waals surface area (Å²) in [7, 11) is 1.55. The van der Waals surface area contributed by atoms with Crippen LogP contribution < -0.4 is 15.4 Å². The Bertz CT molecular complexity index is 966. The normalized spacial score (nSPS) is 14.9. The number of carbonyl (C=O) groups is 3. The Morgan fingerprint density at radius 1 is 1.06 bits per heavy atom. The first-order chi connectivity index (χ1) is 15.9. The lowest BCUT2D eigenvalue weighted by atomic mass is 9.88. The lowest BCUT2D eigenvalue weighted by molar-refractivity contribution is -0.124. The number of benzene rings is 2. The van der Waals surface area contributed by atoms with Gasteiger partial charge in [0.2, 0.25) is 5.91 Å². The van der Waals surface area contributed by atoms with Crippen LogP contribution in [-0.2, 0) is 4.79 Å². The van der Waals surface area contributed by atoms with Crippen molar-refractivity contribution >= 4 is 17.7 Å². The van der Waals surface area contributed by atoms with Crippen LogP contribution in [0.25, 0.3) is 0 Å². The molecule has 1 atom stereocenters. The van der Waals surface area contributed by atoms with E-state index in [-0.39, 0.29) is 23.6 Å². The van der Waals surface area contributed by atoms with Crippen molar-refractivity contribution in [2.45, 2.75) is 39.2 Å². The molecule has 3 rings (SSSR count). The number of hydrogen-bond acceptors (Lipinski definition) is 4. The monoisotopic (exact) mass is 451 g/mol. The van der Waals surface area contributed by atoms with Crippen LogP contribution in [0.1, 0.15) is 52.5 Å². The summed E-state index contributed by atoms with van der Waals surface area (Å²) in [5.74, 6) is 0.0250. The largest absolute Gasteiger partial charge is 0.497 e. The SMILES string of the molecule is CCCNC(=O)[C@@H](NC(=O)c1cccc(OC)c1)C1CCN(C(=O)c2ccc(C)cc2)CC1. The van der Waals surface area contributed by atoms with Gasteiger partial charge in [-0.3, -0.25) is 14.4 Å². The van der Waals surface area contributed by atoms with Crippen LogP contribution in [0.4, 0.5) is 0 Å². The average molecular weight is 452 g/mol. The minimum atomic E-state index is -0.660. The molecule has 0 unspecified atom stereocenters. The van der Waals surface area contributed by atoms with E-state index in [0.717, 1.165) is 12.0 Å². The molecule has 0 radical (unpaired) electrons.